The molecule has 0 fully saturated rings. The van der Waals surface area contributed by atoms with Crippen LogP contribution in [0.3, 0.4) is 0 Å². The number of nitrogens with one attached hydrogen (secondary N) is 1. The molecule has 0 radical (unpaired) electrons. The van der Waals surface area contributed by atoms with Crippen LogP contribution in [0.15, 0.2) is 35.9 Å². The van der Waals surface area contributed by atoms with E-state index in [0.717, 1.165) is 11.4 Å². The van der Waals surface area contributed by atoms with Crippen molar-refractivity contribution in [3.63, 3.8) is 0 Å². The standard InChI is InChI=1S/C22H24N4O6/c1-14-10-17(15(2)25(14)8-9-31-4)11-18(13-23)22(28)32-16(3)21(27)24-19-6-5-7-20(12-19)26(29)30/h5-7,10-12,16H,8-9H2,1-4H3,(H,24,27)/b18-11-/t16-/m0/s1. The number of aromatic nitrogens is 1. The Labute approximate surface area is 185 Å². The Morgan fingerprint density at radius 2 is 2.06 bits per heavy atom. The summed E-state index contributed by atoms with van der Waals surface area (Å²) < 4.78 is 12.2. The van der Waals surface area contributed by atoms with E-state index >= 15 is 0 Å². The van der Waals surface area contributed by atoms with Crippen LogP contribution in [-0.2, 0) is 25.6 Å². The van der Waals surface area contributed by atoms with Crippen LogP contribution in [0, 0.1) is 35.3 Å². The number of amides is 1. The van der Waals surface area contributed by atoms with Crippen molar-refractivity contribution in [1.29, 1.82) is 5.26 Å². The van der Waals surface area contributed by atoms with Gasteiger partial charge in [-0.25, -0.2) is 4.79 Å². The van der Waals surface area contributed by atoms with E-state index in [4.69, 9.17) is 9.47 Å². The van der Waals surface area contributed by atoms with E-state index in [1.165, 1.54) is 37.3 Å². The smallest absolute Gasteiger partial charge is 0.349 e. The molecule has 2 aromatic rings. The second-order valence-electron chi connectivity index (χ2n) is 6.98. The molecule has 0 bridgehead atoms. The van der Waals surface area contributed by atoms with E-state index in [2.05, 4.69) is 5.32 Å². The van der Waals surface area contributed by atoms with E-state index in [9.17, 15) is 25.0 Å². The fraction of sp³-hybridized carbons (Fsp3) is 0.318. The van der Waals surface area contributed by atoms with Crippen molar-refractivity contribution in [2.45, 2.75) is 33.4 Å². The van der Waals surface area contributed by atoms with Gasteiger partial charge in [-0.3, -0.25) is 14.9 Å². The quantitative estimate of drug-likeness (QED) is 0.208. The number of benzene rings is 1. The van der Waals surface area contributed by atoms with Crippen LogP contribution in [-0.4, -0.2) is 41.2 Å². The van der Waals surface area contributed by atoms with Gasteiger partial charge in [0.1, 0.15) is 11.6 Å². The van der Waals surface area contributed by atoms with Crippen LogP contribution >= 0.6 is 0 Å². The van der Waals surface area contributed by atoms with Crippen LogP contribution < -0.4 is 5.32 Å². The molecule has 0 aliphatic carbocycles. The molecular formula is C22H24N4O6. The lowest BCUT2D eigenvalue weighted by molar-refractivity contribution is -0.384. The molecule has 1 aromatic carbocycles. The third-order valence-corrected chi connectivity index (χ3v) is 4.75. The number of nitro benzene ring substituents is 1. The maximum Gasteiger partial charge on any atom is 0.349 e. The highest BCUT2D eigenvalue weighted by Crippen LogP contribution is 2.20. The Morgan fingerprint density at radius 3 is 2.69 bits per heavy atom. The number of esters is 1. The molecule has 0 saturated carbocycles. The van der Waals surface area contributed by atoms with Gasteiger partial charge in [0.15, 0.2) is 6.10 Å². The molecule has 168 valence electrons. The minimum absolute atomic E-state index is 0.187. The van der Waals surface area contributed by atoms with Crippen LogP contribution in [0.25, 0.3) is 6.08 Å². The fourth-order valence-corrected chi connectivity index (χ4v) is 3.01. The third-order valence-electron chi connectivity index (χ3n) is 4.75. The monoisotopic (exact) mass is 440 g/mol. The molecule has 0 spiro atoms. The highest BCUT2D eigenvalue weighted by Gasteiger charge is 2.22. The molecule has 32 heavy (non-hydrogen) atoms. The number of rotatable bonds is 9. The van der Waals surface area contributed by atoms with Crippen molar-refractivity contribution < 1.29 is 24.0 Å². The van der Waals surface area contributed by atoms with Gasteiger partial charge < -0.3 is 19.4 Å². The number of nitro groups is 1. The zero-order valence-corrected chi connectivity index (χ0v) is 18.2. The second-order valence-corrected chi connectivity index (χ2v) is 6.98. The average molecular weight is 440 g/mol. The molecule has 0 aliphatic heterocycles. The minimum Gasteiger partial charge on any atom is -0.448 e. The maximum atomic E-state index is 12.5. The molecule has 1 aromatic heterocycles. The van der Waals surface area contributed by atoms with Gasteiger partial charge >= 0.3 is 5.97 Å². The number of carbonyl (C=O) groups excluding carboxylic acids is 2. The SMILES string of the molecule is COCCn1c(C)cc(/C=C(/C#N)C(=O)O[C@@H](C)C(=O)Nc2cccc([N+](=O)[O-])c2)c1C. The van der Waals surface area contributed by atoms with E-state index in [-0.39, 0.29) is 16.9 Å². The summed E-state index contributed by atoms with van der Waals surface area (Å²) in [7, 11) is 1.61. The zero-order valence-electron chi connectivity index (χ0n) is 18.2. The first-order valence-corrected chi connectivity index (χ1v) is 9.71. The number of hydrogen-bond acceptors (Lipinski definition) is 7. The maximum absolute atomic E-state index is 12.5. The summed E-state index contributed by atoms with van der Waals surface area (Å²) >= 11 is 0. The number of ether oxygens (including phenoxy) is 2. The van der Waals surface area contributed by atoms with E-state index in [1.54, 1.807) is 7.11 Å². The van der Waals surface area contributed by atoms with E-state index < -0.39 is 22.9 Å². The summed E-state index contributed by atoms with van der Waals surface area (Å²) in [6.45, 7) is 6.26. The van der Waals surface area contributed by atoms with Crippen molar-refractivity contribution in [1.82, 2.24) is 4.57 Å². The molecule has 10 nitrogen and oxygen atoms in total. The lowest BCUT2D eigenvalue weighted by atomic mass is 10.1. The van der Waals surface area contributed by atoms with Gasteiger partial charge in [-0.05, 0) is 44.5 Å². The number of nitriles is 1. The Hall–Kier alpha value is -3.97. The summed E-state index contributed by atoms with van der Waals surface area (Å²) in [6, 6.07) is 9.02. The Balaban J connectivity index is 2.11. The van der Waals surface area contributed by atoms with Gasteiger partial charge in [-0.1, -0.05) is 6.07 Å². The summed E-state index contributed by atoms with van der Waals surface area (Å²) in [5.41, 5.74) is 2.22. The summed E-state index contributed by atoms with van der Waals surface area (Å²) in [4.78, 5) is 35.0. The lowest BCUT2D eigenvalue weighted by Gasteiger charge is -2.13. The Kier molecular flexibility index (Phi) is 8.26. The molecule has 0 unspecified atom stereocenters. The largest absolute Gasteiger partial charge is 0.448 e. The predicted octanol–water partition coefficient (Wildman–Crippen LogP) is 3.14. The van der Waals surface area contributed by atoms with Gasteiger partial charge in [0, 0.05) is 42.9 Å². The zero-order chi connectivity index (χ0) is 23.8. The van der Waals surface area contributed by atoms with Gasteiger partial charge in [-0.15, -0.1) is 0 Å². The van der Waals surface area contributed by atoms with Crippen LogP contribution in [0.5, 0.6) is 0 Å². The molecule has 1 amide bonds. The van der Waals surface area contributed by atoms with E-state index in [1.807, 2.05) is 30.6 Å². The molecule has 0 saturated heterocycles. The van der Waals surface area contributed by atoms with Crippen molar-refractivity contribution in [2.24, 2.45) is 0 Å². The molecule has 1 atom stereocenters. The summed E-state index contributed by atoms with van der Waals surface area (Å²) in [5, 5.41) is 22.7. The number of carbonyl (C=O) groups is 2. The number of hydrogen-bond donors (Lipinski definition) is 1. The molecule has 1 heterocycles. The van der Waals surface area contributed by atoms with Crippen LogP contribution in [0.2, 0.25) is 0 Å². The predicted molar refractivity (Wildman–Crippen MR) is 117 cm³/mol. The van der Waals surface area contributed by atoms with Crippen LogP contribution in [0.4, 0.5) is 11.4 Å². The summed E-state index contributed by atoms with van der Waals surface area (Å²) in [6.07, 6.45) is 0.187. The first kappa shape index (κ1) is 24.3. The normalized spacial score (nSPS) is 12.0. The van der Waals surface area contributed by atoms with Crippen molar-refractivity contribution >= 4 is 29.3 Å². The molecule has 0 aliphatic rings. The highest BCUT2D eigenvalue weighted by atomic mass is 16.6. The Morgan fingerprint density at radius 1 is 1.34 bits per heavy atom. The summed E-state index contributed by atoms with van der Waals surface area (Å²) in [5.74, 6) is -1.63. The topological polar surface area (TPSA) is 136 Å². The average Bonchev–Trinajstić information content (AvgIpc) is 3.02. The van der Waals surface area contributed by atoms with Crippen molar-refractivity contribution in [3.05, 3.63) is 63.0 Å². The van der Waals surface area contributed by atoms with Gasteiger partial charge in [-0.2, -0.15) is 5.26 Å². The fourth-order valence-electron chi connectivity index (χ4n) is 3.01. The Bertz CT molecular complexity index is 1100. The third kappa shape index (κ3) is 6.02. The molecular weight excluding hydrogens is 416 g/mol. The highest BCUT2D eigenvalue weighted by molar-refractivity contribution is 6.01. The van der Waals surface area contributed by atoms with Gasteiger partial charge in [0.25, 0.3) is 11.6 Å². The van der Waals surface area contributed by atoms with Gasteiger partial charge in [0.05, 0.1) is 11.5 Å². The number of aryl methyl sites for hydroxylation is 1. The number of nitrogens with zero attached hydrogens (tertiary/aromatic N) is 3. The lowest BCUT2D eigenvalue weighted by Crippen LogP contribution is -2.30. The number of methoxy groups -OCH3 is 1. The minimum atomic E-state index is -1.23. The first-order valence-electron chi connectivity index (χ1n) is 9.71. The van der Waals surface area contributed by atoms with Crippen molar-refractivity contribution in [3.8, 4) is 6.07 Å². The molecule has 10 heteroatoms. The number of anilines is 1. The van der Waals surface area contributed by atoms with E-state index in [0.29, 0.717) is 18.7 Å². The first-order chi connectivity index (χ1) is 15.2. The molecule has 1 N–H and O–H groups in total. The van der Waals surface area contributed by atoms with Crippen molar-refractivity contribution in [2.75, 3.05) is 19.0 Å². The number of non-ortho nitro benzene ring substituents is 1. The van der Waals surface area contributed by atoms with Gasteiger partial charge in [0.2, 0.25) is 0 Å². The van der Waals surface area contributed by atoms with Crippen LogP contribution in [0.1, 0.15) is 23.9 Å². The second kappa shape index (κ2) is 10.9. The molecule has 2 rings (SSSR count).